The van der Waals surface area contributed by atoms with E-state index in [1.807, 2.05) is 31.2 Å². The second-order valence-electron chi connectivity index (χ2n) is 6.80. The van der Waals surface area contributed by atoms with Gasteiger partial charge in [-0.05, 0) is 36.3 Å². The summed E-state index contributed by atoms with van der Waals surface area (Å²) in [6.07, 6.45) is 1.99. The Kier molecular flexibility index (Phi) is 5.24. The average Bonchev–Trinajstić information content (AvgIpc) is 2.99. The Morgan fingerprint density at radius 2 is 1.80 bits per heavy atom. The summed E-state index contributed by atoms with van der Waals surface area (Å²) in [5, 5.41) is 4.26. The van der Waals surface area contributed by atoms with Gasteiger partial charge in [-0.3, -0.25) is 14.4 Å². The molecule has 2 heterocycles. The second kappa shape index (κ2) is 8.00. The quantitative estimate of drug-likeness (QED) is 0.371. The van der Waals surface area contributed by atoms with Gasteiger partial charge in [0.25, 0.3) is 11.1 Å². The predicted octanol–water partition coefficient (Wildman–Crippen LogP) is 1.88. The largest absolute Gasteiger partial charge is 0.427 e. The fraction of sp³-hybridized carbons (Fsp3) is 0.136. The first kappa shape index (κ1) is 19.7. The molecule has 4 rings (SSSR count). The highest BCUT2D eigenvalue weighted by atomic mass is 32.1. The first-order chi connectivity index (χ1) is 14.4. The lowest BCUT2D eigenvalue weighted by Gasteiger charge is -2.01. The lowest BCUT2D eigenvalue weighted by Crippen LogP contribution is -2.28. The molecular formula is C22H17N3O4S. The number of ether oxygens (including phenoxy) is 1. The molecule has 2 aromatic heterocycles. The van der Waals surface area contributed by atoms with Crippen LogP contribution in [-0.2, 0) is 11.2 Å². The predicted molar refractivity (Wildman–Crippen MR) is 114 cm³/mol. The number of carbonyl (C=O) groups excluding carboxylic acids is 1. The van der Waals surface area contributed by atoms with E-state index < -0.39 is 11.5 Å². The first-order valence-corrected chi connectivity index (χ1v) is 9.99. The van der Waals surface area contributed by atoms with E-state index in [9.17, 15) is 14.4 Å². The van der Waals surface area contributed by atoms with Crippen LogP contribution in [0.25, 0.3) is 11.0 Å². The molecule has 0 fully saturated rings. The summed E-state index contributed by atoms with van der Waals surface area (Å²) in [5.74, 6) is 0.0225. The van der Waals surface area contributed by atoms with Crippen molar-refractivity contribution < 1.29 is 9.53 Å². The molecule has 7 nitrogen and oxygen atoms in total. The van der Waals surface area contributed by atoms with Gasteiger partial charge < -0.3 is 4.74 Å². The normalized spacial score (nSPS) is 11.7. The fourth-order valence-electron chi connectivity index (χ4n) is 2.90. The second-order valence-corrected chi connectivity index (χ2v) is 7.81. The summed E-state index contributed by atoms with van der Waals surface area (Å²) in [6.45, 7) is 3.32. The lowest BCUT2D eigenvalue weighted by molar-refractivity contribution is -0.131. The van der Waals surface area contributed by atoms with Gasteiger partial charge in [0.2, 0.25) is 4.96 Å². The summed E-state index contributed by atoms with van der Waals surface area (Å²) in [7, 11) is 0. The number of thiazole rings is 1. The van der Waals surface area contributed by atoms with Crippen LogP contribution in [0.15, 0.2) is 58.1 Å². The van der Waals surface area contributed by atoms with Gasteiger partial charge in [0.15, 0.2) is 0 Å². The number of esters is 1. The standard InChI is InChI=1S/C22H17N3O4S/c1-13-3-5-15(6-4-13)11-18-20(27)23-22-25(24-18)21(28)19(30-22)12-16-7-9-17(10-8-16)29-14(2)26/h3-10,12H,11H2,1-2H3/b19-12-. The zero-order valence-electron chi connectivity index (χ0n) is 16.3. The summed E-state index contributed by atoms with van der Waals surface area (Å²) in [5.41, 5.74) is 2.25. The molecule has 0 saturated heterocycles. The van der Waals surface area contributed by atoms with Crippen molar-refractivity contribution in [2.75, 3.05) is 0 Å². The number of hydrogen-bond acceptors (Lipinski definition) is 7. The van der Waals surface area contributed by atoms with Crippen molar-refractivity contribution in [3.8, 4) is 5.75 Å². The van der Waals surface area contributed by atoms with Crippen molar-refractivity contribution in [3.63, 3.8) is 0 Å². The molecule has 0 spiro atoms. The van der Waals surface area contributed by atoms with Gasteiger partial charge in [-0.1, -0.05) is 53.3 Å². The highest BCUT2D eigenvalue weighted by Crippen LogP contribution is 2.13. The van der Waals surface area contributed by atoms with Crippen LogP contribution in [0.4, 0.5) is 0 Å². The molecule has 8 heteroatoms. The number of hydrogen-bond donors (Lipinski definition) is 0. The number of carbonyl (C=O) groups is 1. The minimum Gasteiger partial charge on any atom is -0.427 e. The van der Waals surface area contributed by atoms with E-state index in [1.54, 1.807) is 30.3 Å². The zero-order valence-corrected chi connectivity index (χ0v) is 17.1. The number of benzene rings is 2. The van der Waals surface area contributed by atoms with E-state index in [4.69, 9.17) is 4.74 Å². The van der Waals surface area contributed by atoms with Crippen molar-refractivity contribution in [2.24, 2.45) is 0 Å². The number of rotatable bonds is 4. The first-order valence-electron chi connectivity index (χ1n) is 9.17. The molecule has 0 aliphatic carbocycles. The molecule has 0 amide bonds. The molecule has 0 aliphatic heterocycles. The summed E-state index contributed by atoms with van der Waals surface area (Å²) < 4.78 is 6.58. The molecule has 0 radical (unpaired) electrons. The molecule has 150 valence electrons. The summed E-state index contributed by atoms with van der Waals surface area (Å²) in [4.78, 5) is 40.5. The molecular weight excluding hydrogens is 402 g/mol. The summed E-state index contributed by atoms with van der Waals surface area (Å²) in [6, 6.07) is 14.5. The number of aromatic nitrogens is 3. The van der Waals surface area contributed by atoms with Gasteiger partial charge in [-0.2, -0.15) is 14.6 Å². The van der Waals surface area contributed by atoms with Crippen LogP contribution in [0.2, 0.25) is 0 Å². The van der Waals surface area contributed by atoms with Crippen molar-refractivity contribution in [2.45, 2.75) is 20.3 Å². The third-order valence-corrected chi connectivity index (χ3v) is 5.34. The van der Waals surface area contributed by atoms with Crippen molar-refractivity contribution in [1.29, 1.82) is 0 Å². The molecule has 0 bridgehead atoms. The van der Waals surface area contributed by atoms with E-state index >= 15 is 0 Å². The SMILES string of the molecule is CC(=O)Oc1ccc(/C=c2\sc3nc(=O)c(Cc4ccc(C)cc4)nn3c2=O)cc1. The van der Waals surface area contributed by atoms with Crippen LogP contribution in [0, 0.1) is 6.92 Å². The van der Waals surface area contributed by atoms with Crippen LogP contribution in [0.1, 0.15) is 29.3 Å². The molecule has 0 unspecified atom stereocenters. The Labute approximate surface area is 174 Å². The fourth-order valence-corrected chi connectivity index (χ4v) is 3.80. The van der Waals surface area contributed by atoms with E-state index in [0.29, 0.717) is 16.7 Å². The Morgan fingerprint density at radius 3 is 2.47 bits per heavy atom. The molecule has 0 atom stereocenters. The van der Waals surface area contributed by atoms with Crippen LogP contribution in [0.5, 0.6) is 5.75 Å². The van der Waals surface area contributed by atoms with Crippen molar-refractivity contribution >= 4 is 28.3 Å². The highest BCUT2D eigenvalue weighted by Gasteiger charge is 2.12. The monoisotopic (exact) mass is 419 g/mol. The summed E-state index contributed by atoms with van der Waals surface area (Å²) >= 11 is 1.10. The maximum Gasteiger partial charge on any atom is 0.308 e. The van der Waals surface area contributed by atoms with E-state index in [1.165, 1.54) is 11.4 Å². The highest BCUT2D eigenvalue weighted by molar-refractivity contribution is 7.15. The van der Waals surface area contributed by atoms with Crippen molar-refractivity contribution in [3.05, 3.63) is 96.2 Å². The van der Waals surface area contributed by atoms with E-state index in [0.717, 1.165) is 28.0 Å². The Morgan fingerprint density at radius 1 is 1.10 bits per heavy atom. The van der Waals surface area contributed by atoms with Gasteiger partial charge >= 0.3 is 5.97 Å². The van der Waals surface area contributed by atoms with Crippen molar-refractivity contribution in [1.82, 2.24) is 14.6 Å². The smallest absolute Gasteiger partial charge is 0.308 e. The molecule has 4 aromatic rings. The van der Waals surface area contributed by atoms with Gasteiger partial charge in [-0.15, -0.1) is 0 Å². The molecule has 0 saturated carbocycles. The number of nitrogens with zero attached hydrogens (tertiary/aromatic N) is 3. The topological polar surface area (TPSA) is 90.6 Å². The van der Waals surface area contributed by atoms with Crippen LogP contribution in [-0.4, -0.2) is 20.6 Å². The molecule has 30 heavy (non-hydrogen) atoms. The lowest BCUT2D eigenvalue weighted by atomic mass is 10.1. The Bertz CT molecular complexity index is 1400. The maximum atomic E-state index is 12.8. The third-order valence-electron chi connectivity index (χ3n) is 4.38. The third kappa shape index (κ3) is 4.18. The average molecular weight is 419 g/mol. The Hall–Kier alpha value is -3.65. The minimum atomic E-state index is -0.436. The minimum absolute atomic E-state index is 0.225. The van der Waals surface area contributed by atoms with Gasteiger partial charge in [-0.25, -0.2) is 0 Å². The molecule has 0 N–H and O–H groups in total. The van der Waals surface area contributed by atoms with E-state index in [-0.39, 0.29) is 16.2 Å². The van der Waals surface area contributed by atoms with Gasteiger partial charge in [0.1, 0.15) is 11.4 Å². The van der Waals surface area contributed by atoms with Crippen LogP contribution < -0.4 is 20.4 Å². The van der Waals surface area contributed by atoms with Gasteiger partial charge in [0.05, 0.1) is 4.53 Å². The number of fused-ring (bicyclic) bond motifs is 1. The number of aryl methyl sites for hydroxylation is 1. The van der Waals surface area contributed by atoms with Crippen LogP contribution >= 0.6 is 11.3 Å². The zero-order chi connectivity index (χ0) is 21.3. The Balaban J connectivity index is 1.70. The molecule has 2 aromatic carbocycles. The maximum absolute atomic E-state index is 12.8. The molecule has 0 aliphatic rings. The van der Waals surface area contributed by atoms with Gasteiger partial charge in [0, 0.05) is 13.3 Å². The van der Waals surface area contributed by atoms with Crippen LogP contribution in [0.3, 0.4) is 0 Å². The van der Waals surface area contributed by atoms with E-state index in [2.05, 4.69) is 10.1 Å².